The Morgan fingerprint density at radius 3 is 2.93 bits per heavy atom. The van der Waals surface area contributed by atoms with Crippen molar-refractivity contribution in [3.05, 3.63) is 20.9 Å². The number of nitrogens with zero attached hydrogens (tertiary/aromatic N) is 2. The standard InChI is InChI=1S/C7H6N4O2S/c1-2-9-6(14)3-4(12)10-7(8)11-5(3)13-2/h1H3,(H3,8,10,11,12). The van der Waals surface area contributed by atoms with Crippen molar-refractivity contribution < 1.29 is 4.42 Å². The van der Waals surface area contributed by atoms with Crippen LogP contribution in [0.25, 0.3) is 11.1 Å². The number of nitrogens with two attached hydrogens (primary N) is 1. The summed E-state index contributed by atoms with van der Waals surface area (Å²) in [5.41, 5.74) is 5.02. The monoisotopic (exact) mass is 210 g/mol. The Kier molecular flexibility index (Phi) is 1.81. The van der Waals surface area contributed by atoms with Crippen molar-refractivity contribution in [2.75, 3.05) is 5.73 Å². The van der Waals surface area contributed by atoms with Crippen molar-refractivity contribution in [3.63, 3.8) is 0 Å². The Balaban J connectivity index is 3.10. The molecule has 14 heavy (non-hydrogen) atoms. The number of anilines is 1. The van der Waals surface area contributed by atoms with Crippen molar-refractivity contribution >= 4 is 29.3 Å². The van der Waals surface area contributed by atoms with E-state index >= 15 is 0 Å². The highest BCUT2D eigenvalue weighted by molar-refractivity contribution is 7.71. The van der Waals surface area contributed by atoms with Crippen LogP contribution in [0.2, 0.25) is 0 Å². The summed E-state index contributed by atoms with van der Waals surface area (Å²) in [6, 6.07) is 0. The number of aryl methyl sites for hydroxylation is 1. The topological polar surface area (TPSA) is 97.8 Å². The number of aromatic amines is 1. The number of H-pyrrole nitrogens is 1. The molecule has 0 atom stereocenters. The van der Waals surface area contributed by atoms with Crippen LogP contribution in [0.5, 0.6) is 0 Å². The molecule has 0 amide bonds. The molecule has 0 saturated heterocycles. The van der Waals surface area contributed by atoms with Crippen LogP contribution in [0.4, 0.5) is 5.95 Å². The molecule has 2 aromatic heterocycles. The molecule has 0 radical (unpaired) electrons. The van der Waals surface area contributed by atoms with E-state index in [1.165, 1.54) is 0 Å². The molecule has 6 nitrogen and oxygen atoms in total. The summed E-state index contributed by atoms with van der Waals surface area (Å²) in [6.07, 6.45) is 0. The third kappa shape index (κ3) is 1.27. The van der Waals surface area contributed by atoms with Gasteiger partial charge in [0.15, 0.2) is 5.89 Å². The molecule has 2 heterocycles. The molecule has 7 heteroatoms. The van der Waals surface area contributed by atoms with Gasteiger partial charge in [-0.05, 0) is 0 Å². The third-order valence-electron chi connectivity index (χ3n) is 1.62. The molecule has 0 saturated carbocycles. The van der Waals surface area contributed by atoms with E-state index in [1.807, 2.05) is 0 Å². The van der Waals surface area contributed by atoms with Crippen LogP contribution in [0.1, 0.15) is 5.89 Å². The van der Waals surface area contributed by atoms with Crippen molar-refractivity contribution in [3.8, 4) is 0 Å². The zero-order valence-corrected chi connectivity index (χ0v) is 8.01. The Morgan fingerprint density at radius 1 is 1.50 bits per heavy atom. The maximum atomic E-state index is 11.4. The van der Waals surface area contributed by atoms with Crippen molar-refractivity contribution in [2.24, 2.45) is 0 Å². The largest absolute Gasteiger partial charge is 0.424 e. The van der Waals surface area contributed by atoms with Gasteiger partial charge in [0, 0.05) is 6.92 Å². The second kappa shape index (κ2) is 2.88. The summed E-state index contributed by atoms with van der Waals surface area (Å²) < 4.78 is 5.28. The SMILES string of the molecule is Cc1nc(=S)c2c(=O)[nH]c(N)nc2o1. The first-order valence-electron chi connectivity index (χ1n) is 3.75. The van der Waals surface area contributed by atoms with E-state index in [-0.39, 0.29) is 21.7 Å². The zero-order chi connectivity index (χ0) is 10.3. The van der Waals surface area contributed by atoms with Crippen molar-refractivity contribution in [1.82, 2.24) is 15.0 Å². The Morgan fingerprint density at radius 2 is 2.21 bits per heavy atom. The quantitative estimate of drug-likeness (QED) is 0.615. The molecule has 0 aromatic carbocycles. The van der Waals surface area contributed by atoms with Gasteiger partial charge in [0.05, 0.1) is 0 Å². The lowest BCUT2D eigenvalue weighted by Gasteiger charge is -1.97. The van der Waals surface area contributed by atoms with Gasteiger partial charge in [-0.1, -0.05) is 12.2 Å². The lowest BCUT2D eigenvalue weighted by Crippen LogP contribution is -2.12. The number of nitrogens with one attached hydrogen (secondary N) is 1. The smallest absolute Gasteiger partial charge is 0.266 e. The summed E-state index contributed by atoms with van der Waals surface area (Å²) in [5, 5.41) is 0.153. The zero-order valence-electron chi connectivity index (χ0n) is 7.20. The maximum absolute atomic E-state index is 11.4. The first-order valence-corrected chi connectivity index (χ1v) is 4.16. The van der Waals surface area contributed by atoms with E-state index < -0.39 is 5.56 Å². The van der Waals surface area contributed by atoms with E-state index in [2.05, 4.69) is 15.0 Å². The van der Waals surface area contributed by atoms with Crippen LogP contribution in [0.3, 0.4) is 0 Å². The fourth-order valence-electron chi connectivity index (χ4n) is 1.09. The second-order valence-electron chi connectivity index (χ2n) is 2.67. The average Bonchev–Trinajstić information content (AvgIpc) is 1.99. The van der Waals surface area contributed by atoms with Gasteiger partial charge < -0.3 is 10.2 Å². The number of fused-ring (bicyclic) bond motifs is 1. The average molecular weight is 210 g/mol. The minimum Gasteiger partial charge on any atom is -0.424 e. The number of hydrogen-bond acceptors (Lipinski definition) is 6. The molecular formula is C7H6N4O2S. The summed E-state index contributed by atoms with van der Waals surface area (Å²) in [4.78, 5) is 21.4. The van der Waals surface area contributed by atoms with Gasteiger partial charge in [-0.15, -0.1) is 0 Å². The second-order valence-corrected chi connectivity index (χ2v) is 3.06. The van der Waals surface area contributed by atoms with E-state index in [4.69, 9.17) is 22.4 Å². The molecule has 72 valence electrons. The molecule has 0 unspecified atom stereocenters. The highest BCUT2D eigenvalue weighted by Crippen LogP contribution is 2.09. The highest BCUT2D eigenvalue weighted by Gasteiger charge is 2.07. The van der Waals surface area contributed by atoms with Gasteiger partial charge in [-0.2, -0.15) is 4.98 Å². The fraction of sp³-hybridized carbons (Fsp3) is 0.143. The van der Waals surface area contributed by atoms with Gasteiger partial charge in [0.25, 0.3) is 5.56 Å². The number of hydrogen-bond donors (Lipinski definition) is 2. The van der Waals surface area contributed by atoms with E-state index in [0.29, 0.717) is 5.89 Å². The predicted molar refractivity (Wildman–Crippen MR) is 52.4 cm³/mol. The van der Waals surface area contributed by atoms with Gasteiger partial charge in [-0.25, -0.2) is 4.98 Å². The fourth-order valence-corrected chi connectivity index (χ4v) is 1.40. The summed E-state index contributed by atoms with van der Waals surface area (Å²) in [6.45, 7) is 1.62. The molecule has 2 aromatic rings. The minimum atomic E-state index is -0.436. The van der Waals surface area contributed by atoms with Gasteiger partial charge in [-0.3, -0.25) is 9.78 Å². The van der Waals surface area contributed by atoms with E-state index in [1.54, 1.807) is 6.92 Å². The van der Waals surface area contributed by atoms with E-state index in [9.17, 15) is 4.79 Å². The molecular weight excluding hydrogens is 204 g/mol. The van der Waals surface area contributed by atoms with Crippen LogP contribution in [-0.2, 0) is 0 Å². The first-order chi connectivity index (χ1) is 6.58. The molecule has 0 spiro atoms. The lowest BCUT2D eigenvalue weighted by atomic mass is 10.4. The van der Waals surface area contributed by atoms with Gasteiger partial charge >= 0.3 is 0 Å². The van der Waals surface area contributed by atoms with Crippen LogP contribution in [0.15, 0.2) is 9.21 Å². The minimum absolute atomic E-state index is 0.00810. The Hall–Kier alpha value is -1.76. The molecule has 0 aliphatic heterocycles. The Labute approximate surface area is 82.8 Å². The molecule has 0 bridgehead atoms. The maximum Gasteiger partial charge on any atom is 0.266 e. The van der Waals surface area contributed by atoms with Crippen LogP contribution in [0, 0.1) is 11.6 Å². The number of rotatable bonds is 0. The van der Waals surface area contributed by atoms with Crippen molar-refractivity contribution in [2.45, 2.75) is 6.92 Å². The van der Waals surface area contributed by atoms with Crippen LogP contribution >= 0.6 is 12.2 Å². The Bertz CT molecular complexity index is 564. The lowest BCUT2D eigenvalue weighted by molar-refractivity contribution is 0.525. The molecule has 0 aliphatic carbocycles. The molecule has 0 aliphatic rings. The van der Waals surface area contributed by atoms with E-state index in [0.717, 1.165) is 0 Å². The summed E-state index contributed by atoms with van der Waals surface area (Å²) >= 11 is 4.90. The molecule has 3 N–H and O–H groups in total. The predicted octanol–water partition coefficient (Wildman–Crippen LogP) is 0.531. The first kappa shape index (κ1) is 8.82. The summed E-state index contributed by atoms with van der Waals surface area (Å²) in [7, 11) is 0. The van der Waals surface area contributed by atoms with Gasteiger partial charge in [0.1, 0.15) is 10.0 Å². The van der Waals surface area contributed by atoms with Crippen molar-refractivity contribution in [1.29, 1.82) is 0 Å². The van der Waals surface area contributed by atoms with Crippen LogP contribution < -0.4 is 11.3 Å². The van der Waals surface area contributed by atoms with Crippen LogP contribution in [-0.4, -0.2) is 15.0 Å². The molecule has 2 rings (SSSR count). The molecule has 0 fully saturated rings. The van der Waals surface area contributed by atoms with Gasteiger partial charge in [0.2, 0.25) is 11.7 Å². The number of nitrogen functional groups attached to an aromatic ring is 1. The normalized spacial score (nSPS) is 10.6. The number of aromatic nitrogens is 3. The highest BCUT2D eigenvalue weighted by atomic mass is 32.1. The summed E-state index contributed by atoms with van der Waals surface area (Å²) in [5.74, 6) is 0.339. The third-order valence-corrected chi connectivity index (χ3v) is 1.92.